The van der Waals surface area contributed by atoms with Crippen LogP contribution in [0, 0.1) is 10.3 Å². The van der Waals surface area contributed by atoms with Crippen molar-refractivity contribution in [1.82, 2.24) is 25.1 Å². The summed E-state index contributed by atoms with van der Waals surface area (Å²) in [5, 5.41) is 14.6. The fourth-order valence-electron chi connectivity index (χ4n) is 3.34. The summed E-state index contributed by atoms with van der Waals surface area (Å²) >= 11 is 0. The highest BCUT2D eigenvalue weighted by Crippen LogP contribution is 2.31. The second-order valence-corrected chi connectivity index (χ2v) is 8.95. The summed E-state index contributed by atoms with van der Waals surface area (Å²) in [7, 11) is 1.59. The maximum Gasteiger partial charge on any atom is 0.242 e. The molecule has 1 aliphatic carbocycles. The van der Waals surface area contributed by atoms with E-state index in [2.05, 4.69) is 52.8 Å². The smallest absolute Gasteiger partial charge is 0.242 e. The van der Waals surface area contributed by atoms with Crippen molar-refractivity contribution in [2.75, 3.05) is 23.9 Å². The fraction of sp³-hybridized carbons (Fsp3) is 0.524. The number of nitrogens with one attached hydrogen (secondary N) is 2. The Bertz CT molecular complexity index is 933. The molecule has 0 saturated carbocycles. The highest BCUT2D eigenvalue weighted by Gasteiger charge is 2.20. The van der Waals surface area contributed by atoms with Crippen molar-refractivity contribution in [3.05, 3.63) is 41.5 Å². The van der Waals surface area contributed by atoms with Crippen LogP contribution in [0.25, 0.3) is 5.57 Å². The molecular formula is C21H30N8O2. The molecule has 1 atom stereocenters. The average Bonchev–Trinajstić information content (AvgIpc) is 3.24. The van der Waals surface area contributed by atoms with Crippen LogP contribution < -0.4 is 15.6 Å². The molecule has 0 aliphatic heterocycles. The first kappa shape index (κ1) is 22.4. The van der Waals surface area contributed by atoms with Gasteiger partial charge in [-0.05, 0) is 42.4 Å². The van der Waals surface area contributed by atoms with Gasteiger partial charge < -0.3 is 10.6 Å². The van der Waals surface area contributed by atoms with Crippen LogP contribution in [0.5, 0.6) is 0 Å². The molecule has 10 heteroatoms. The highest BCUT2D eigenvalue weighted by atomic mass is 16.3. The maximum absolute atomic E-state index is 12.2. The van der Waals surface area contributed by atoms with E-state index in [-0.39, 0.29) is 23.9 Å². The third-order valence-corrected chi connectivity index (χ3v) is 4.99. The van der Waals surface area contributed by atoms with E-state index in [1.165, 1.54) is 22.3 Å². The molecule has 2 aromatic rings. The van der Waals surface area contributed by atoms with Crippen LogP contribution in [0.2, 0.25) is 0 Å². The number of hydrogen-bond donors (Lipinski definition) is 2. The van der Waals surface area contributed by atoms with Gasteiger partial charge in [-0.25, -0.2) is 19.7 Å². The van der Waals surface area contributed by atoms with Crippen molar-refractivity contribution in [3.63, 3.8) is 0 Å². The number of carbonyl (C=O) groups is 1. The van der Waals surface area contributed by atoms with E-state index >= 15 is 0 Å². The Kier molecular flexibility index (Phi) is 6.98. The van der Waals surface area contributed by atoms with Gasteiger partial charge in [0, 0.05) is 19.6 Å². The average molecular weight is 427 g/mol. The molecule has 166 valence electrons. The largest absolute Gasteiger partial charge is 0.381 e. The highest BCUT2D eigenvalue weighted by molar-refractivity contribution is 5.76. The summed E-state index contributed by atoms with van der Waals surface area (Å²) in [5.41, 5.74) is 2.78. The lowest BCUT2D eigenvalue weighted by atomic mass is 9.93. The van der Waals surface area contributed by atoms with Crippen LogP contribution in [0.4, 0.5) is 11.5 Å². The first-order chi connectivity index (χ1) is 14.7. The zero-order chi connectivity index (χ0) is 22.4. The summed E-state index contributed by atoms with van der Waals surface area (Å²) < 4.78 is 1.50. The van der Waals surface area contributed by atoms with Crippen LogP contribution in [0.3, 0.4) is 0 Å². The Labute approximate surface area is 182 Å². The first-order valence-electron chi connectivity index (χ1n) is 10.4. The van der Waals surface area contributed by atoms with E-state index in [1.807, 2.05) is 12.1 Å². The van der Waals surface area contributed by atoms with Crippen LogP contribution in [-0.2, 0) is 11.3 Å². The quantitative estimate of drug-likeness (QED) is 0.492. The van der Waals surface area contributed by atoms with Crippen molar-refractivity contribution >= 4 is 23.0 Å². The molecule has 1 amide bonds. The Morgan fingerprint density at radius 3 is 2.77 bits per heavy atom. The molecule has 1 aliphatic rings. The minimum Gasteiger partial charge on any atom is -0.381 e. The van der Waals surface area contributed by atoms with Gasteiger partial charge in [0.15, 0.2) is 5.82 Å². The second-order valence-electron chi connectivity index (χ2n) is 8.95. The van der Waals surface area contributed by atoms with Crippen LogP contribution in [0.15, 0.2) is 36.1 Å². The predicted molar refractivity (Wildman–Crippen MR) is 120 cm³/mol. The summed E-state index contributed by atoms with van der Waals surface area (Å²) in [6.45, 7) is 7.31. The normalized spacial score (nSPS) is 16.4. The number of rotatable bonds is 8. The third-order valence-electron chi connectivity index (χ3n) is 4.99. The number of anilines is 2. The molecule has 0 spiro atoms. The van der Waals surface area contributed by atoms with Gasteiger partial charge in [-0.15, -0.1) is 4.91 Å². The van der Waals surface area contributed by atoms with E-state index < -0.39 is 0 Å². The zero-order valence-electron chi connectivity index (χ0n) is 18.5. The lowest BCUT2D eigenvalue weighted by Crippen LogP contribution is -2.37. The molecule has 1 unspecified atom stereocenters. The number of hydrogen-bond acceptors (Lipinski definition) is 7. The molecule has 31 heavy (non-hydrogen) atoms. The number of carbonyl (C=O) groups excluding carboxylic acids is 1. The molecule has 0 bridgehead atoms. The van der Waals surface area contributed by atoms with Crippen LogP contribution in [-0.4, -0.2) is 45.3 Å². The van der Waals surface area contributed by atoms with E-state index in [9.17, 15) is 9.70 Å². The first-order valence-corrected chi connectivity index (χ1v) is 10.4. The Morgan fingerprint density at radius 1 is 1.35 bits per heavy atom. The van der Waals surface area contributed by atoms with Crippen molar-refractivity contribution in [3.8, 4) is 0 Å². The number of nitrogens with zero attached hydrogens (tertiary/aromatic N) is 6. The van der Waals surface area contributed by atoms with Gasteiger partial charge >= 0.3 is 0 Å². The molecular weight excluding hydrogens is 396 g/mol. The maximum atomic E-state index is 12.2. The van der Waals surface area contributed by atoms with Crippen molar-refractivity contribution < 1.29 is 4.79 Å². The van der Waals surface area contributed by atoms with Gasteiger partial charge in [0.1, 0.15) is 19.2 Å². The Balaban J connectivity index is 1.66. The van der Waals surface area contributed by atoms with Crippen LogP contribution in [0.1, 0.15) is 45.7 Å². The lowest BCUT2D eigenvalue weighted by molar-refractivity contribution is -0.122. The molecule has 3 rings (SSSR count). The van der Waals surface area contributed by atoms with E-state index in [0.29, 0.717) is 5.82 Å². The molecule has 2 aromatic heterocycles. The van der Waals surface area contributed by atoms with Crippen molar-refractivity contribution in [1.29, 1.82) is 0 Å². The molecule has 0 radical (unpaired) electrons. The summed E-state index contributed by atoms with van der Waals surface area (Å²) in [4.78, 5) is 31.9. The monoisotopic (exact) mass is 426 g/mol. The lowest BCUT2D eigenvalue weighted by Gasteiger charge is -2.24. The van der Waals surface area contributed by atoms with E-state index in [1.54, 1.807) is 7.05 Å². The van der Waals surface area contributed by atoms with Gasteiger partial charge in [0.2, 0.25) is 5.91 Å². The molecule has 0 saturated heterocycles. The van der Waals surface area contributed by atoms with Gasteiger partial charge in [0.05, 0.1) is 16.7 Å². The number of amides is 1. The summed E-state index contributed by atoms with van der Waals surface area (Å²) in [6.07, 6.45) is 7.36. The second kappa shape index (κ2) is 9.67. The Hall–Kier alpha value is -3.30. The summed E-state index contributed by atoms with van der Waals surface area (Å²) in [5.74, 6) is 0.418. The predicted octanol–water partition coefficient (Wildman–Crippen LogP) is 3.00. The third kappa shape index (κ3) is 6.34. The van der Waals surface area contributed by atoms with Crippen LogP contribution >= 0.6 is 0 Å². The van der Waals surface area contributed by atoms with Crippen molar-refractivity contribution in [2.24, 2.45) is 10.7 Å². The molecule has 0 aromatic carbocycles. The number of pyridine rings is 1. The van der Waals surface area contributed by atoms with Crippen molar-refractivity contribution in [2.45, 2.75) is 52.6 Å². The number of aromatic nitrogens is 4. The fourth-order valence-corrected chi connectivity index (χ4v) is 3.34. The summed E-state index contributed by atoms with van der Waals surface area (Å²) in [6, 6.07) is 3.98. The van der Waals surface area contributed by atoms with Gasteiger partial charge in [-0.3, -0.25) is 4.79 Å². The SMILES string of the molecule is CN(N=O)c1nc(C2=CCC(NC(=O)Cn3cncn3)CC2)ccc1NCC(C)(C)C. The minimum absolute atomic E-state index is 0.0753. The van der Waals surface area contributed by atoms with Gasteiger partial charge in [0.25, 0.3) is 0 Å². The molecule has 2 N–H and O–H groups in total. The molecule has 0 fully saturated rings. The topological polar surface area (TPSA) is 117 Å². The Morgan fingerprint density at radius 2 is 2.16 bits per heavy atom. The van der Waals surface area contributed by atoms with E-state index in [4.69, 9.17) is 4.98 Å². The standard InChI is InChI=1S/C21H30N8O2/c1-21(2,3)12-23-18-10-9-17(26-20(18)28(4)27-31)15-5-7-16(8-6-15)25-19(30)11-29-14-22-13-24-29/h5,9-10,13-14,16,23H,6-8,11-12H2,1-4H3,(H,25,30). The number of nitroso groups, excluding NO2 is 1. The van der Waals surface area contributed by atoms with E-state index in [0.717, 1.165) is 42.8 Å². The zero-order valence-corrected chi connectivity index (χ0v) is 18.5. The number of allylic oxidation sites excluding steroid dienone is 1. The molecule has 10 nitrogen and oxygen atoms in total. The minimum atomic E-state index is -0.0827. The van der Waals surface area contributed by atoms with Gasteiger partial charge in [-0.1, -0.05) is 26.8 Å². The molecule has 2 heterocycles. The van der Waals surface area contributed by atoms with Gasteiger partial charge in [-0.2, -0.15) is 5.10 Å².